The highest BCUT2D eigenvalue weighted by Crippen LogP contribution is 2.30. The van der Waals surface area contributed by atoms with Crippen molar-refractivity contribution in [3.8, 4) is 5.69 Å². The quantitative estimate of drug-likeness (QED) is 0.317. The highest BCUT2D eigenvalue weighted by molar-refractivity contribution is 8.00. The average Bonchev–Trinajstić information content (AvgIpc) is 3.24. The van der Waals surface area contributed by atoms with E-state index in [4.69, 9.17) is 4.74 Å². The molecular weight excluding hydrogens is 451 g/mol. The normalized spacial score (nSPS) is 14.7. The maximum Gasteiger partial charge on any atom is 0.306 e. The lowest BCUT2D eigenvalue weighted by atomic mass is 10.2. The van der Waals surface area contributed by atoms with Gasteiger partial charge in [-0.3, -0.25) is 19.5 Å². The van der Waals surface area contributed by atoms with Crippen LogP contribution in [0.15, 0.2) is 53.7 Å². The summed E-state index contributed by atoms with van der Waals surface area (Å²) in [5.41, 5.74) is 0.291. The van der Waals surface area contributed by atoms with E-state index in [1.54, 1.807) is 6.92 Å². The van der Waals surface area contributed by atoms with E-state index in [0.29, 0.717) is 37.4 Å². The number of hydrogen-bond acceptors (Lipinski definition) is 8. The van der Waals surface area contributed by atoms with Crippen molar-refractivity contribution in [2.24, 2.45) is 0 Å². The summed E-state index contributed by atoms with van der Waals surface area (Å²) in [6.45, 7) is 4.22. The number of ether oxygens (including phenoxy) is 1. The Morgan fingerprint density at radius 2 is 1.94 bits per heavy atom. The van der Waals surface area contributed by atoms with Crippen LogP contribution in [0.3, 0.4) is 0 Å². The molecule has 2 aromatic carbocycles. The van der Waals surface area contributed by atoms with Gasteiger partial charge in [0.15, 0.2) is 5.16 Å². The van der Waals surface area contributed by atoms with Gasteiger partial charge in [-0.2, -0.15) is 4.39 Å². The van der Waals surface area contributed by atoms with Crippen molar-refractivity contribution in [3.05, 3.63) is 64.5 Å². The monoisotopic (exact) mass is 472 g/mol. The number of thioether (sulfide) groups is 1. The van der Waals surface area contributed by atoms with Gasteiger partial charge in [-0.15, -0.1) is 10.2 Å². The molecule has 4 rings (SSSR count). The zero-order valence-electron chi connectivity index (χ0n) is 17.7. The largest absolute Gasteiger partial charge is 0.378 e. The summed E-state index contributed by atoms with van der Waals surface area (Å²) in [7, 11) is 0. The van der Waals surface area contributed by atoms with Gasteiger partial charge < -0.3 is 15.0 Å². The molecule has 1 aromatic heterocycles. The smallest absolute Gasteiger partial charge is 0.306 e. The predicted molar refractivity (Wildman–Crippen MR) is 121 cm³/mol. The number of anilines is 2. The first-order valence-corrected chi connectivity index (χ1v) is 11.1. The van der Waals surface area contributed by atoms with Gasteiger partial charge in [0.05, 0.1) is 29.1 Å². The second-order valence-corrected chi connectivity index (χ2v) is 8.53. The summed E-state index contributed by atoms with van der Waals surface area (Å²) < 4.78 is 20.9. The molecule has 12 heteroatoms. The minimum Gasteiger partial charge on any atom is -0.378 e. The summed E-state index contributed by atoms with van der Waals surface area (Å²) in [6.07, 6.45) is 0. The summed E-state index contributed by atoms with van der Waals surface area (Å²) in [6, 6.07) is 12.8. The lowest BCUT2D eigenvalue weighted by Crippen LogP contribution is -2.37. The fraction of sp³-hybridized carbons (Fsp3) is 0.286. The molecule has 0 bridgehead atoms. The summed E-state index contributed by atoms with van der Waals surface area (Å²) in [4.78, 5) is 25.0. The number of nitrogens with zero attached hydrogens (tertiary/aromatic N) is 5. The van der Waals surface area contributed by atoms with E-state index >= 15 is 0 Å². The molecule has 1 aliphatic rings. The Morgan fingerprint density at radius 1 is 1.21 bits per heavy atom. The van der Waals surface area contributed by atoms with Crippen molar-refractivity contribution in [1.82, 2.24) is 14.8 Å². The molecule has 2 heterocycles. The van der Waals surface area contributed by atoms with Crippen LogP contribution in [0, 0.1) is 15.9 Å². The number of morpholine rings is 1. The van der Waals surface area contributed by atoms with Crippen molar-refractivity contribution in [3.63, 3.8) is 0 Å². The van der Waals surface area contributed by atoms with E-state index in [-0.39, 0.29) is 5.69 Å². The third kappa shape index (κ3) is 5.12. The third-order valence-corrected chi connectivity index (χ3v) is 6.03. The molecule has 1 atom stereocenters. The first kappa shape index (κ1) is 22.7. The number of nitro benzene ring substituents is 1. The van der Waals surface area contributed by atoms with Gasteiger partial charge in [0.1, 0.15) is 0 Å². The number of aromatic nitrogens is 3. The molecular formula is C21H21FN6O4S. The van der Waals surface area contributed by atoms with Crippen molar-refractivity contribution in [1.29, 1.82) is 0 Å². The molecule has 3 aromatic rings. The number of hydrogen-bond donors (Lipinski definition) is 1. The van der Waals surface area contributed by atoms with Crippen LogP contribution in [0.5, 0.6) is 0 Å². The van der Waals surface area contributed by atoms with E-state index < -0.39 is 27.6 Å². The van der Waals surface area contributed by atoms with Crippen molar-refractivity contribution in [2.75, 3.05) is 36.5 Å². The standard InChI is InChI=1S/C21H21FN6O4S/c1-14(19(29)23-15-7-8-17(22)18(13-15)28(30)31)33-21-25-24-20(26-9-11-32-12-10-26)27(21)16-5-3-2-4-6-16/h2-8,13-14H,9-12H2,1H3,(H,23,29). The lowest BCUT2D eigenvalue weighted by molar-refractivity contribution is -0.387. The molecule has 1 fully saturated rings. The number of rotatable bonds is 7. The summed E-state index contributed by atoms with van der Waals surface area (Å²) in [5.74, 6) is -0.711. The first-order chi connectivity index (χ1) is 15.9. The minimum absolute atomic E-state index is 0.138. The van der Waals surface area contributed by atoms with Crippen LogP contribution in [0.2, 0.25) is 0 Å². The molecule has 1 aliphatic heterocycles. The van der Waals surface area contributed by atoms with E-state index in [0.717, 1.165) is 17.8 Å². The number of carbonyl (C=O) groups excluding carboxylic acids is 1. The number of benzene rings is 2. The van der Waals surface area contributed by atoms with Gasteiger partial charge in [0.2, 0.25) is 17.7 Å². The maximum atomic E-state index is 13.6. The zero-order valence-corrected chi connectivity index (χ0v) is 18.5. The first-order valence-electron chi connectivity index (χ1n) is 10.2. The zero-order chi connectivity index (χ0) is 23.4. The Labute approximate surface area is 192 Å². The second-order valence-electron chi connectivity index (χ2n) is 7.23. The molecule has 33 heavy (non-hydrogen) atoms. The van der Waals surface area contributed by atoms with Gasteiger partial charge in [-0.05, 0) is 31.2 Å². The molecule has 1 N–H and O–H groups in total. The van der Waals surface area contributed by atoms with Gasteiger partial charge in [0, 0.05) is 24.8 Å². The highest BCUT2D eigenvalue weighted by atomic mass is 32.2. The second kappa shape index (κ2) is 9.96. The number of nitro groups is 1. The van der Waals surface area contributed by atoms with Crippen LogP contribution in [0.1, 0.15) is 6.92 Å². The Kier molecular flexibility index (Phi) is 6.84. The van der Waals surface area contributed by atoms with E-state index in [2.05, 4.69) is 20.4 Å². The highest BCUT2D eigenvalue weighted by Gasteiger charge is 2.25. The predicted octanol–water partition coefficient (Wildman–Crippen LogP) is 3.27. The van der Waals surface area contributed by atoms with Gasteiger partial charge >= 0.3 is 5.69 Å². The topological polar surface area (TPSA) is 115 Å². The minimum atomic E-state index is -0.966. The Hall–Kier alpha value is -3.51. The number of amides is 1. The molecule has 0 saturated carbocycles. The molecule has 0 spiro atoms. The van der Waals surface area contributed by atoms with Crippen LogP contribution in [-0.4, -0.2) is 57.1 Å². The van der Waals surface area contributed by atoms with Gasteiger partial charge in [-0.25, -0.2) is 0 Å². The number of carbonyl (C=O) groups is 1. The van der Waals surface area contributed by atoms with Crippen molar-refractivity contribution >= 4 is 35.0 Å². The molecule has 10 nitrogen and oxygen atoms in total. The summed E-state index contributed by atoms with van der Waals surface area (Å²) >= 11 is 1.20. The fourth-order valence-corrected chi connectivity index (χ4v) is 4.16. The number of para-hydroxylation sites is 1. The van der Waals surface area contributed by atoms with E-state index in [9.17, 15) is 19.3 Å². The van der Waals surface area contributed by atoms with Crippen LogP contribution >= 0.6 is 11.8 Å². The van der Waals surface area contributed by atoms with Crippen LogP contribution < -0.4 is 10.2 Å². The molecule has 1 amide bonds. The molecule has 0 radical (unpaired) electrons. The van der Waals surface area contributed by atoms with Crippen molar-refractivity contribution < 1.29 is 18.8 Å². The van der Waals surface area contributed by atoms with Crippen LogP contribution in [-0.2, 0) is 9.53 Å². The molecule has 1 unspecified atom stereocenters. The average molecular weight is 473 g/mol. The Balaban J connectivity index is 1.56. The van der Waals surface area contributed by atoms with Gasteiger partial charge in [0.25, 0.3) is 0 Å². The third-order valence-electron chi connectivity index (χ3n) is 4.99. The van der Waals surface area contributed by atoms with Crippen LogP contribution in [0.25, 0.3) is 5.69 Å². The fourth-order valence-electron chi connectivity index (χ4n) is 3.30. The maximum absolute atomic E-state index is 13.6. The molecule has 0 aliphatic carbocycles. The Morgan fingerprint density at radius 3 is 2.64 bits per heavy atom. The SMILES string of the molecule is CC(Sc1nnc(N2CCOCC2)n1-c1ccccc1)C(=O)Nc1ccc(F)c([N+](=O)[O-])c1. The van der Waals surface area contributed by atoms with Gasteiger partial charge in [-0.1, -0.05) is 30.0 Å². The molecule has 172 valence electrons. The van der Waals surface area contributed by atoms with Crippen molar-refractivity contribution in [2.45, 2.75) is 17.3 Å². The number of halogens is 1. The van der Waals surface area contributed by atoms with E-state index in [1.165, 1.54) is 17.8 Å². The summed E-state index contributed by atoms with van der Waals surface area (Å²) in [5, 5.41) is 22.2. The van der Waals surface area contributed by atoms with E-state index in [1.807, 2.05) is 34.9 Å². The number of nitrogens with one attached hydrogen (secondary N) is 1. The van der Waals surface area contributed by atoms with Crippen LogP contribution in [0.4, 0.5) is 21.7 Å². The Bertz CT molecular complexity index is 1150. The molecule has 1 saturated heterocycles. The lowest BCUT2D eigenvalue weighted by Gasteiger charge is -2.28.